The molecule has 0 aliphatic carbocycles. The van der Waals surface area contributed by atoms with E-state index in [0.717, 1.165) is 15.3 Å². The zero-order valence-electron chi connectivity index (χ0n) is 10.5. The molecule has 6 heteroatoms. The van der Waals surface area contributed by atoms with Crippen molar-refractivity contribution < 1.29 is 4.79 Å². The van der Waals surface area contributed by atoms with E-state index in [0.29, 0.717) is 5.82 Å². The first-order chi connectivity index (χ1) is 9.81. The van der Waals surface area contributed by atoms with E-state index in [9.17, 15) is 4.79 Å². The number of hydrogen-bond acceptors (Lipinski definition) is 5. The average Bonchev–Trinajstić information content (AvgIpc) is 2.89. The molecule has 0 bridgehead atoms. The third-order valence-electron chi connectivity index (χ3n) is 2.63. The second kappa shape index (κ2) is 5.66. The number of nitrogens with zero attached hydrogens (tertiary/aromatic N) is 2. The number of fused-ring (bicyclic) bond motifs is 1. The lowest BCUT2D eigenvalue weighted by Gasteiger charge is -2.04. The number of para-hydroxylation sites is 1. The third-order valence-corrected chi connectivity index (χ3v) is 3.62. The van der Waals surface area contributed by atoms with Gasteiger partial charge in [-0.2, -0.15) is 0 Å². The fourth-order valence-electron chi connectivity index (χ4n) is 1.73. The molecule has 0 aliphatic heterocycles. The minimum absolute atomic E-state index is 0.150. The molecule has 0 aliphatic rings. The molecular formula is C14H12N4OS. The second-order valence-electron chi connectivity index (χ2n) is 4.10. The van der Waals surface area contributed by atoms with Gasteiger partial charge in [0.25, 0.3) is 0 Å². The summed E-state index contributed by atoms with van der Waals surface area (Å²) < 4.78 is 1.10. The van der Waals surface area contributed by atoms with Gasteiger partial charge in [0.2, 0.25) is 5.91 Å². The molecular weight excluding hydrogens is 272 g/mol. The average molecular weight is 284 g/mol. The normalized spacial score (nSPS) is 10.4. The van der Waals surface area contributed by atoms with Crippen LogP contribution in [0.3, 0.4) is 0 Å². The standard InChI is InChI=1S/C14H12N4OS/c19-13(18-12-7-3-4-8-15-12)9-16-14-17-10-5-1-2-6-11(10)20-14/h1-8H,9H2,(H,16,17)(H,15,18,19). The second-order valence-corrected chi connectivity index (χ2v) is 5.13. The minimum atomic E-state index is -0.150. The summed E-state index contributed by atoms with van der Waals surface area (Å²) in [7, 11) is 0. The summed E-state index contributed by atoms with van der Waals surface area (Å²) in [6.07, 6.45) is 1.64. The van der Waals surface area contributed by atoms with E-state index in [1.54, 1.807) is 18.3 Å². The predicted octanol–water partition coefficient (Wildman–Crippen LogP) is 2.74. The molecule has 0 atom stereocenters. The summed E-state index contributed by atoms with van der Waals surface area (Å²) in [5.74, 6) is 0.395. The molecule has 3 aromatic rings. The highest BCUT2D eigenvalue weighted by Gasteiger charge is 2.06. The van der Waals surface area contributed by atoms with Crippen molar-refractivity contribution >= 4 is 38.4 Å². The van der Waals surface area contributed by atoms with Crippen LogP contribution in [0.4, 0.5) is 10.9 Å². The van der Waals surface area contributed by atoms with Crippen LogP contribution < -0.4 is 10.6 Å². The summed E-state index contributed by atoms with van der Waals surface area (Å²) in [6, 6.07) is 13.2. The highest BCUT2D eigenvalue weighted by molar-refractivity contribution is 7.22. The number of pyridine rings is 1. The predicted molar refractivity (Wildman–Crippen MR) is 81.0 cm³/mol. The molecule has 0 spiro atoms. The van der Waals surface area contributed by atoms with Crippen LogP contribution in [0.2, 0.25) is 0 Å². The van der Waals surface area contributed by atoms with E-state index in [-0.39, 0.29) is 12.5 Å². The van der Waals surface area contributed by atoms with Gasteiger partial charge >= 0.3 is 0 Å². The van der Waals surface area contributed by atoms with Gasteiger partial charge in [0.15, 0.2) is 5.13 Å². The minimum Gasteiger partial charge on any atom is -0.352 e. The largest absolute Gasteiger partial charge is 0.352 e. The molecule has 0 saturated carbocycles. The monoisotopic (exact) mass is 284 g/mol. The molecule has 0 fully saturated rings. The van der Waals surface area contributed by atoms with Crippen molar-refractivity contribution in [2.24, 2.45) is 0 Å². The zero-order chi connectivity index (χ0) is 13.8. The van der Waals surface area contributed by atoms with Gasteiger partial charge in [0, 0.05) is 6.20 Å². The Kier molecular flexibility index (Phi) is 3.56. The van der Waals surface area contributed by atoms with Crippen LogP contribution in [-0.4, -0.2) is 22.4 Å². The first-order valence-corrected chi connectivity index (χ1v) is 6.93. The number of hydrogen-bond donors (Lipinski definition) is 2. The number of anilines is 2. The maximum absolute atomic E-state index is 11.8. The van der Waals surface area contributed by atoms with E-state index in [4.69, 9.17) is 0 Å². The lowest BCUT2D eigenvalue weighted by Crippen LogP contribution is -2.22. The van der Waals surface area contributed by atoms with Crippen LogP contribution >= 0.6 is 11.3 Å². The molecule has 0 saturated heterocycles. The summed E-state index contributed by atoms with van der Waals surface area (Å²) in [5, 5.41) is 6.47. The third kappa shape index (κ3) is 2.92. The van der Waals surface area contributed by atoms with E-state index < -0.39 is 0 Å². The summed E-state index contributed by atoms with van der Waals surface area (Å²) in [6.45, 7) is 0.163. The lowest BCUT2D eigenvalue weighted by molar-refractivity contribution is -0.114. The quantitative estimate of drug-likeness (QED) is 0.773. The maximum atomic E-state index is 11.8. The van der Waals surface area contributed by atoms with Gasteiger partial charge in [0.1, 0.15) is 5.82 Å². The molecule has 100 valence electrons. The van der Waals surface area contributed by atoms with Crippen molar-refractivity contribution in [1.29, 1.82) is 0 Å². The smallest absolute Gasteiger partial charge is 0.244 e. The van der Waals surface area contributed by atoms with Gasteiger partial charge in [-0.25, -0.2) is 9.97 Å². The van der Waals surface area contributed by atoms with Gasteiger partial charge in [-0.05, 0) is 24.3 Å². The summed E-state index contributed by atoms with van der Waals surface area (Å²) in [5.41, 5.74) is 0.935. The van der Waals surface area contributed by atoms with E-state index in [1.807, 2.05) is 30.3 Å². The Hall–Kier alpha value is -2.47. The molecule has 3 rings (SSSR count). The van der Waals surface area contributed by atoms with Crippen LogP contribution in [0.5, 0.6) is 0 Å². The number of carbonyl (C=O) groups excluding carboxylic acids is 1. The van der Waals surface area contributed by atoms with Crippen molar-refractivity contribution in [3.05, 3.63) is 48.7 Å². The van der Waals surface area contributed by atoms with Crippen LogP contribution in [-0.2, 0) is 4.79 Å². The highest BCUT2D eigenvalue weighted by atomic mass is 32.1. The molecule has 1 amide bonds. The van der Waals surface area contributed by atoms with Crippen molar-refractivity contribution in [2.45, 2.75) is 0 Å². The lowest BCUT2D eigenvalue weighted by atomic mass is 10.3. The highest BCUT2D eigenvalue weighted by Crippen LogP contribution is 2.24. The maximum Gasteiger partial charge on any atom is 0.244 e. The number of rotatable bonds is 4. The number of carbonyl (C=O) groups is 1. The van der Waals surface area contributed by atoms with Crippen LogP contribution in [0, 0.1) is 0 Å². The molecule has 2 heterocycles. The Bertz CT molecular complexity index is 693. The van der Waals surface area contributed by atoms with Gasteiger partial charge in [-0.1, -0.05) is 29.5 Å². The van der Waals surface area contributed by atoms with E-state index in [1.165, 1.54) is 11.3 Å². The number of amides is 1. The number of thiazole rings is 1. The topological polar surface area (TPSA) is 66.9 Å². The summed E-state index contributed by atoms with van der Waals surface area (Å²) >= 11 is 1.53. The number of aromatic nitrogens is 2. The molecule has 20 heavy (non-hydrogen) atoms. The molecule has 2 N–H and O–H groups in total. The number of nitrogens with one attached hydrogen (secondary N) is 2. The molecule has 0 unspecified atom stereocenters. The van der Waals surface area contributed by atoms with E-state index in [2.05, 4.69) is 20.6 Å². The molecule has 0 radical (unpaired) electrons. The van der Waals surface area contributed by atoms with E-state index >= 15 is 0 Å². The zero-order valence-corrected chi connectivity index (χ0v) is 11.4. The SMILES string of the molecule is O=C(CNc1nc2ccccc2s1)Nc1ccccn1. The van der Waals surface area contributed by atoms with Crippen molar-refractivity contribution in [3.63, 3.8) is 0 Å². The first kappa shape index (κ1) is 12.6. The molecule has 1 aromatic carbocycles. The van der Waals surface area contributed by atoms with Crippen LogP contribution in [0.1, 0.15) is 0 Å². The first-order valence-electron chi connectivity index (χ1n) is 6.11. The van der Waals surface area contributed by atoms with Gasteiger partial charge in [-0.15, -0.1) is 0 Å². The fraction of sp³-hybridized carbons (Fsp3) is 0.0714. The fourth-order valence-corrected chi connectivity index (χ4v) is 2.59. The molecule has 2 aromatic heterocycles. The Balaban J connectivity index is 1.60. The Labute approximate surface area is 119 Å². The Morgan fingerprint density at radius 1 is 1.15 bits per heavy atom. The van der Waals surface area contributed by atoms with Gasteiger partial charge in [-0.3, -0.25) is 4.79 Å². The van der Waals surface area contributed by atoms with Gasteiger partial charge < -0.3 is 10.6 Å². The van der Waals surface area contributed by atoms with Crippen molar-refractivity contribution in [3.8, 4) is 0 Å². The molecule has 5 nitrogen and oxygen atoms in total. The van der Waals surface area contributed by atoms with Gasteiger partial charge in [0.05, 0.1) is 16.8 Å². The van der Waals surface area contributed by atoms with Crippen LogP contribution in [0.25, 0.3) is 10.2 Å². The van der Waals surface area contributed by atoms with Crippen molar-refractivity contribution in [1.82, 2.24) is 9.97 Å². The van der Waals surface area contributed by atoms with Crippen LogP contribution in [0.15, 0.2) is 48.7 Å². The van der Waals surface area contributed by atoms with Crippen molar-refractivity contribution in [2.75, 3.05) is 17.2 Å². The summed E-state index contributed by atoms with van der Waals surface area (Å²) in [4.78, 5) is 20.2. The Morgan fingerprint density at radius 2 is 2.00 bits per heavy atom. The Morgan fingerprint density at radius 3 is 2.80 bits per heavy atom. The number of benzene rings is 1.